The van der Waals surface area contributed by atoms with Crippen LogP contribution < -0.4 is 20.3 Å². The summed E-state index contributed by atoms with van der Waals surface area (Å²) in [5.74, 6) is -0.547. The highest BCUT2D eigenvalue weighted by Crippen LogP contribution is 2.39. The first-order chi connectivity index (χ1) is 14.9. The van der Waals surface area contributed by atoms with Crippen LogP contribution >= 0.6 is 11.9 Å². The molecular weight excluding hydrogens is 422 g/mol. The highest BCUT2D eigenvalue weighted by molar-refractivity contribution is 8.00. The maximum atomic E-state index is 14.2. The SMILES string of the molecule is CCSNc1ccc(Oc2ccc(F)cc2F)c(-c2cn(C)c(=O)c(NC)c2C=N)c1. The predicted molar refractivity (Wildman–Crippen MR) is 123 cm³/mol. The lowest BCUT2D eigenvalue weighted by molar-refractivity contribution is 0.439. The van der Waals surface area contributed by atoms with E-state index in [2.05, 4.69) is 10.0 Å². The molecule has 6 nitrogen and oxygen atoms in total. The molecule has 0 bridgehead atoms. The van der Waals surface area contributed by atoms with Crippen LogP contribution in [0.25, 0.3) is 11.1 Å². The summed E-state index contributed by atoms with van der Waals surface area (Å²) in [6, 6.07) is 8.30. The van der Waals surface area contributed by atoms with Crippen molar-refractivity contribution < 1.29 is 13.5 Å². The fourth-order valence-electron chi connectivity index (χ4n) is 3.08. The Morgan fingerprint density at radius 3 is 2.55 bits per heavy atom. The largest absolute Gasteiger partial charge is 0.454 e. The molecule has 162 valence electrons. The number of aryl methyl sites for hydroxylation is 1. The van der Waals surface area contributed by atoms with Gasteiger partial charge in [0.1, 0.15) is 17.3 Å². The van der Waals surface area contributed by atoms with E-state index >= 15 is 0 Å². The molecule has 0 aliphatic rings. The van der Waals surface area contributed by atoms with Crippen molar-refractivity contribution in [2.75, 3.05) is 22.8 Å². The van der Waals surface area contributed by atoms with E-state index in [1.54, 1.807) is 38.5 Å². The average Bonchev–Trinajstić information content (AvgIpc) is 2.76. The molecule has 0 spiro atoms. The molecule has 0 fully saturated rings. The molecule has 1 aromatic heterocycles. The number of pyridine rings is 1. The summed E-state index contributed by atoms with van der Waals surface area (Å²) in [4.78, 5) is 12.5. The van der Waals surface area contributed by atoms with Gasteiger partial charge in [-0.3, -0.25) is 4.79 Å². The molecule has 31 heavy (non-hydrogen) atoms. The summed E-state index contributed by atoms with van der Waals surface area (Å²) in [5, 5.41) is 10.7. The van der Waals surface area contributed by atoms with Gasteiger partial charge < -0.3 is 24.8 Å². The number of nitrogens with zero attached hydrogens (tertiary/aromatic N) is 1. The molecule has 2 aromatic carbocycles. The summed E-state index contributed by atoms with van der Waals surface area (Å²) in [5.41, 5.74) is 2.20. The van der Waals surface area contributed by atoms with Crippen molar-refractivity contribution in [2.24, 2.45) is 7.05 Å². The maximum absolute atomic E-state index is 14.2. The fraction of sp³-hybridized carbons (Fsp3) is 0.182. The third-order valence-corrected chi connectivity index (χ3v) is 5.20. The Kier molecular flexibility index (Phi) is 6.96. The van der Waals surface area contributed by atoms with Crippen molar-refractivity contribution >= 4 is 29.5 Å². The van der Waals surface area contributed by atoms with Crippen LogP contribution in [-0.4, -0.2) is 23.6 Å². The highest BCUT2D eigenvalue weighted by atomic mass is 32.2. The molecule has 0 aliphatic heterocycles. The third-order valence-electron chi connectivity index (χ3n) is 4.53. The van der Waals surface area contributed by atoms with Gasteiger partial charge in [0.25, 0.3) is 5.56 Å². The fourth-order valence-corrected chi connectivity index (χ4v) is 3.52. The first-order valence-electron chi connectivity index (χ1n) is 9.46. The first kappa shape index (κ1) is 22.4. The molecule has 0 radical (unpaired) electrons. The van der Waals surface area contributed by atoms with E-state index in [9.17, 15) is 13.6 Å². The quantitative estimate of drug-likeness (QED) is 0.327. The zero-order valence-electron chi connectivity index (χ0n) is 17.3. The van der Waals surface area contributed by atoms with E-state index in [1.807, 2.05) is 6.92 Å². The van der Waals surface area contributed by atoms with Crippen LogP contribution in [0.15, 0.2) is 47.4 Å². The van der Waals surface area contributed by atoms with Crippen molar-refractivity contribution in [3.05, 3.63) is 70.1 Å². The topological polar surface area (TPSA) is 79.1 Å². The second-order valence-electron chi connectivity index (χ2n) is 6.56. The van der Waals surface area contributed by atoms with E-state index in [0.29, 0.717) is 22.4 Å². The summed E-state index contributed by atoms with van der Waals surface area (Å²) in [7, 11) is 3.21. The smallest absolute Gasteiger partial charge is 0.274 e. The molecule has 0 unspecified atom stereocenters. The average molecular weight is 445 g/mol. The minimum absolute atomic E-state index is 0.138. The maximum Gasteiger partial charge on any atom is 0.274 e. The van der Waals surface area contributed by atoms with Crippen LogP contribution in [-0.2, 0) is 7.05 Å². The van der Waals surface area contributed by atoms with Crippen molar-refractivity contribution in [3.63, 3.8) is 0 Å². The monoisotopic (exact) mass is 444 g/mol. The number of hydrogen-bond acceptors (Lipinski definition) is 6. The Labute approximate surface area is 182 Å². The van der Waals surface area contributed by atoms with Gasteiger partial charge in [0.15, 0.2) is 11.6 Å². The number of ether oxygens (including phenoxy) is 1. The van der Waals surface area contributed by atoms with Crippen molar-refractivity contribution in [2.45, 2.75) is 6.92 Å². The molecule has 0 saturated heterocycles. The summed E-state index contributed by atoms with van der Waals surface area (Å²) < 4.78 is 37.9. The molecule has 1 heterocycles. The van der Waals surface area contributed by atoms with Crippen LogP contribution in [0, 0.1) is 17.0 Å². The number of benzene rings is 2. The van der Waals surface area contributed by atoms with Crippen LogP contribution in [0.1, 0.15) is 12.5 Å². The lowest BCUT2D eigenvalue weighted by Crippen LogP contribution is -2.22. The van der Waals surface area contributed by atoms with Gasteiger partial charge in [0, 0.05) is 60.7 Å². The van der Waals surface area contributed by atoms with E-state index < -0.39 is 11.6 Å². The Morgan fingerprint density at radius 1 is 1.16 bits per heavy atom. The zero-order chi connectivity index (χ0) is 22.5. The molecule has 3 rings (SSSR count). The van der Waals surface area contributed by atoms with E-state index in [-0.39, 0.29) is 17.0 Å². The second-order valence-corrected chi connectivity index (χ2v) is 7.63. The van der Waals surface area contributed by atoms with E-state index in [1.165, 1.54) is 22.6 Å². The third kappa shape index (κ3) is 4.72. The Hall–Kier alpha value is -3.33. The Bertz CT molecular complexity index is 1180. The van der Waals surface area contributed by atoms with Crippen molar-refractivity contribution in [1.82, 2.24) is 4.57 Å². The number of aromatic nitrogens is 1. The van der Waals surface area contributed by atoms with Gasteiger partial charge in [-0.2, -0.15) is 0 Å². The normalized spacial score (nSPS) is 10.6. The van der Waals surface area contributed by atoms with Gasteiger partial charge >= 0.3 is 0 Å². The lowest BCUT2D eigenvalue weighted by Gasteiger charge is -2.18. The van der Waals surface area contributed by atoms with E-state index in [4.69, 9.17) is 10.1 Å². The van der Waals surface area contributed by atoms with Crippen LogP contribution in [0.3, 0.4) is 0 Å². The van der Waals surface area contributed by atoms with Crippen molar-refractivity contribution in [3.8, 4) is 22.6 Å². The molecule has 0 aliphatic carbocycles. The number of rotatable bonds is 8. The lowest BCUT2D eigenvalue weighted by atomic mass is 9.99. The number of halogens is 2. The predicted octanol–water partition coefficient (Wildman–Crippen LogP) is 5.24. The van der Waals surface area contributed by atoms with Gasteiger partial charge in [-0.05, 0) is 30.3 Å². The van der Waals surface area contributed by atoms with Crippen LogP contribution in [0.4, 0.5) is 20.2 Å². The minimum atomic E-state index is -0.835. The van der Waals surface area contributed by atoms with Gasteiger partial charge in [-0.25, -0.2) is 8.78 Å². The van der Waals surface area contributed by atoms with Crippen LogP contribution in [0.5, 0.6) is 11.5 Å². The zero-order valence-corrected chi connectivity index (χ0v) is 18.1. The molecule has 0 amide bonds. The molecule has 0 atom stereocenters. The molecule has 9 heteroatoms. The Morgan fingerprint density at radius 2 is 1.90 bits per heavy atom. The molecule has 0 saturated carbocycles. The number of nitrogens with one attached hydrogen (secondary N) is 3. The highest BCUT2D eigenvalue weighted by Gasteiger charge is 2.19. The van der Waals surface area contributed by atoms with Gasteiger partial charge in [0.05, 0.1) is 0 Å². The minimum Gasteiger partial charge on any atom is -0.454 e. The summed E-state index contributed by atoms with van der Waals surface area (Å²) >= 11 is 1.50. The van der Waals surface area contributed by atoms with Crippen LogP contribution in [0.2, 0.25) is 0 Å². The van der Waals surface area contributed by atoms with Gasteiger partial charge in [-0.1, -0.05) is 18.9 Å². The standard InChI is InChI=1S/C22H22F2N4O2S/c1-4-31-27-14-6-8-19(30-20-7-5-13(23)9-18(20)24)15(10-14)17-12-28(3)22(29)21(26-2)16(17)11-25/h5-12,25-27H,4H2,1-3H3. The van der Waals surface area contributed by atoms with Gasteiger partial charge in [0.2, 0.25) is 0 Å². The van der Waals surface area contributed by atoms with Crippen molar-refractivity contribution in [1.29, 1.82) is 5.41 Å². The second kappa shape index (κ2) is 9.65. The summed E-state index contributed by atoms with van der Waals surface area (Å²) in [6.07, 6.45) is 2.69. The van der Waals surface area contributed by atoms with Gasteiger partial charge in [-0.15, -0.1) is 0 Å². The molecule has 3 aromatic rings. The molecule has 3 N–H and O–H groups in total. The first-order valence-corrected chi connectivity index (χ1v) is 10.4. The molecular formula is C22H22F2N4O2S. The Balaban J connectivity index is 2.23. The number of hydrogen-bond donors (Lipinski definition) is 3. The number of anilines is 2. The van der Waals surface area contributed by atoms with E-state index in [0.717, 1.165) is 29.8 Å². The summed E-state index contributed by atoms with van der Waals surface area (Å²) in [6.45, 7) is 2.01.